The Bertz CT molecular complexity index is 1620. The van der Waals surface area contributed by atoms with Gasteiger partial charge in [-0.3, -0.25) is 4.79 Å². The maximum Gasteiger partial charge on any atom is 0.263 e. The van der Waals surface area contributed by atoms with E-state index in [4.69, 9.17) is 9.47 Å². The molecule has 0 bridgehead atoms. The number of benzene rings is 1. The first-order valence-corrected chi connectivity index (χ1v) is 14.1. The molecule has 0 saturated heterocycles. The standard InChI is InChI=1S/C24H26N6O5S2/c1-12-9-25-20-18-16(36-21(20)22(31)28-14(12)3)6-5-15-19(18)26-11-17(29-15)35-23-13(2)10-27-24(30-23)37(32,33)8-7-34-4/h5-6,10-12,14,25H,7-9H2,1-4H3,(H,28,31)/t12?,14-/m1/s1. The number of hydrogen-bond acceptors (Lipinski definition) is 11. The zero-order chi connectivity index (χ0) is 26.3. The van der Waals surface area contributed by atoms with Gasteiger partial charge in [0.05, 0.1) is 35.3 Å². The van der Waals surface area contributed by atoms with Crippen LogP contribution in [0.2, 0.25) is 0 Å². The number of amides is 1. The van der Waals surface area contributed by atoms with E-state index < -0.39 is 9.84 Å². The van der Waals surface area contributed by atoms with E-state index in [1.807, 2.05) is 19.1 Å². The normalized spacial score (nSPS) is 18.1. The minimum atomic E-state index is -3.73. The van der Waals surface area contributed by atoms with Gasteiger partial charge in [0.2, 0.25) is 26.8 Å². The van der Waals surface area contributed by atoms with E-state index in [9.17, 15) is 13.2 Å². The van der Waals surface area contributed by atoms with Crippen LogP contribution in [0.4, 0.5) is 5.69 Å². The Morgan fingerprint density at radius 3 is 2.76 bits per heavy atom. The van der Waals surface area contributed by atoms with E-state index in [1.165, 1.54) is 30.8 Å². The minimum Gasteiger partial charge on any atom is -0.419 e. The van der Waals surface area contributed by atoms with Gasteiger partial charge in [-0.2, -0.15) is 4.98 Å². The first-order valence-electron chi connectivity index (χ1n) is 11.7. The van der Waals surface area contributed by atoms with Gasteiger partial charge in [-0.25, -0.2) is 23.4 Å². The highest BCUT2D eigenvalue weighted by molar-refractivity contribution is 7.91. The Morgan fingerprint density at radius 1 is 1.16 bits per heavy atom. The average molecular weight is 543 g/mol. The van der Waals surface area contributed by atoms with Crippen molar-refractivity contribution in [3.8, 4) is 11.8 Å². The third-order valence-electron chi connectivity index (χ3n) is 6.30. The lowest BCUT2D eigenvalue weighted by Gasteiger charge is -2.25. The van der Waals surface area contributed by atoms with Gasteiger partial charge in [0.15, 0.2) is 0 Å². The number of anilines is 1. The lowest BCUT2D eigenvalue weighted by molar-refractivity contribution is 0.0932. The molecule has 0 fully saturated rings. The predicted octanol–water partition coefficient (Wildman–Crippen LogP) is 3.34. The summed E-state index contributed by atoms with van der Waals surface area (Å²) >= 11 is 1.41. The van der Waals surface area contributed by atoms with Crippen LogP contribution in [0, 0.1) is 12.8 Å². The molecular formula is C24H26N6O5S2. The highest BCUT2D eigenvalue weighted by Gasteiger charge is 2.27. The van der Waals surface area contributed by atoms with Gasteiger partial charge < -0.3 is 20.1 Å². The number of aryl methyl sites for hydroxylation is 1. The lowest BCUT2D eigenvalue weighted by atomic mass is 10.0. The number of methoxy groups -OCH3 is 1. The van der Waals surface area contributed by atoms with Gasteiger partial charge in [-0.1, -0.05) is 6.92 Å². The summed E-state index contributed by atoms with van der Waals surface area (Å²) in [5.41, 5.74) is 2.49. The Kier molecular flexibility index (Phi) is 6.68. The molecule has 5 rings (SSSR count). The van der Waals surface area contributed by atoms with E-state index in [2.05, 4.69) is 37.5 Å². The van der Waals surface area contributed by atoms with Crippen LogP contribution in [0.3, 0.4) is 0 Å². The van der Waals surface area contributed by atoms with Gasteiger partial charge in [0.25, 0.3) is 5.91 Å². The average Bonchev–Trinajstić information content (AvgIpc) is 3.25. The number of ether oxygens (including phenoxy) is 2. The molecule has 1 amide bonds. The number of carbonyl (C=O) groups is 1. The Hall–Kier alpha value is -3.42. The molecule has 0 saturated carbocycles. The largest absolute Gasteiger partial charge is 0.419 e. The van der Waals surface area contributed by atoms with Gasteiger partial charge in [-0.05, 0) is 31.9 Å². The summed E-state index contributed by atoms with van der Waals surface area (Å²) in [5, 5.41) is 7.02. The fraction of sp³-hybridized carbons (Fsp3) is 0.375. The SMILES string of the molecule is COCCS(=O)(=O)c1ncc(C)c(Oc2cnc3c(ccc4sc5c(c43)NCC(C)[C@@H](C)NC5=O)n2)n1. The molecular weight excluding hydrogens is 516 g/mol. The minimum absolute atomic E-state index is 0.0289. The zero-order valence-electron chi connectivity index (χ0n) is 20.7. The van der Waals surface area contributed by atoms with Crippen molar-refractivity contribution in [3.63, 3.8) is 0 Å². The van der Waals surface area contributed by atoms with Crippen LogP contribution in [0.5, 0.6) is 11.8 Å². The summed E-state index contributed by atoms with van der Waals surface area (Å²) in [4.78, 5) is 30.8. The third kappa shape index (κ3) is 4.81. The molecule has 1 unspecified atom stereocenters. The highest BCUT2D eigenvalue weighted by Crippen LogP contribution is 2.40. The number of aromatic nitrogens is 4. The Labute approximate surface area is 217 Å². The second-order valence-corrected chi connectivity index (χ2v) is 12.1. The fourth-order valence-corrected chi connectivity index (χ4v) is 6.02. The van der Waals surface area contributed by atoms with E-state index in [0.29, 0.717) is 28.0 Å². The van der Waals surface area contributed by atoms with Crippen LogP contribution in [0.25, 0.3) is 21.1 Å². The van der Waals surface area contributed by atoms with Crippen LogP contribution in [0.15, 0.2) is 29.7 Å². The Balaban J connectivity index is 1.52. The third-order valence-corrected chi connectivity index (χ3v) is 8.91. The maximum absolute atomic E-state index is 12.9. The molecule has 4 aromatic rings. The summed E-state index contributed by atoms with van der Waals surface area (Å²) in [6.07, 6.45) is 2.85. The van der Waals surface area contributed by atoms with E-state index in [-0.39, 0.29) is 47.1 Å². The maximum atomic E-state index is 12.9. The van der Waals surface area contributed by atoms with Crippen molar-refractivity contribution in [3.05, 3.63) is 35.0 Å². The molecule has 0 spiro atoms. The van der Waals surface area contributed by atoms with Gasteiger partial charge >= 0.3 is 0 Å². The summed E-state index contributed by atoms with van der Waals surface area (Å²) in [7, 11) is -2.31. The van der Waals surface area contributed by atoms with E-state index in [1.54, 1.807) is 6.92 Å². The molecule has 11 nitrogen and oxygen atoms in total. The molecule has 3 aromatic heterocycles. The number of nitrogens with one attached hydrogen (secondary N) is 2. The van der Waals surface area contributed by atoms with Gasteiger partial charge in [0.1, 0.15) is 4.88 Å². The summed E-state index contributed by atoms with van der Waals surface area (Å²) in [6, 6.07) is 3.78. The number of carbonyl (C=O) groups excluding carboxylic acids is 1. The van der Waals surface area contributed by atoms with Crippen molar-refractivity contribution < 1.29 is 22.7 Å². The zero-order valence-corrected chi connectivity index (χ0v) is 22.4. The Morgan fingerprint density at radius 2 is 1.97 bits per heavy atom. The molecule has 0 aliphatic carbocycles. The molecule has 0 radical (unpaired) electrons. The molecule has 2 N–H and O–H groups in total. The first-order chi connectivity index (χ1) is 17.7. The van der Waals surface area contributed by atoms with Crippen molar-refractivity contribution in [2.75, 3.05) is 31.3 Å². The molecule has 194 valence electrons. The van der Waals surface area contributed by atoms with Crippen LogP contribution >= 0.6 is 11.3 Å². The number of fused-ring (bicyclic) bond motifs is 5. The van der Waals surface area contributed by atoms with Crippen LogP contribution in [0.1, 0.15) is 29.1 Å². The number of nitrogens with zero attached hydrogens (tertiary/aromatic N) is 4. The van der Waals surface area contributed by atoms with Crippen molar-refractivity contribution in [1.29, 1.82) is 0 Å². The summed E-state index contributed by atoms with van der Waals surface area (Å²) < 4.78 is 36.6. The second kappa shape index (κ2) is 9.80. The van der Waals surface area contributed by atoms with Crippen molar-refractivity contribution in [2.24, 2.45) is 5.92 Å². The second-order valence-electron chi connectivity index (χ2n) is 9.00. The van der Waals surface area contributed by atoms with Crippen molar-refractivity contribution in [1.82, 2.24) is 25.3 Å². The number of hydrogen-bond donors (Lipinski definition) is 2. The highest BCUT2D eigenvalue weighted by atomic mass is 32.2. The monoisotopic (exact) mass is 542 g/mol. The first kappa shape index (κ1) is 25.2. The number of sulfone groups is 1. The summed E-state index contributed by atoms with van der Waals surface area (Å²) in [6.45, 7) is 6.53. The molecule has 37 heavy (non-hydrogen) atoms. The van der Waals surface area contributed by atoms with Crippen LogP contribution < -0.4 is 15.4 Å². The van der Waals surface area contributed by atoms with E-state index in [0.717, 1.165) is 15.8 Å². The lowest BCUT2D eigenvalue weighted by Crippen LogP contribution is -2.41. The van der Waals surface area contributed by atoms with Crippen molar-refractivity contribution in [2.45, 2.75) is 32.0 Å². The molecule has 2 atom stereocenters. The van der Waals surface area contributed by atoms with Crippen molar-refractivity contribution >= 4 is 53.9 Å². The van der Waals surface area contributed by atoms with Gasteiger partial charge in [-0.15, -0.1) is 11.3 Å². The van der Waals surface area contributed by atoms with Crippen LogP contribution in [-0.4, -0.2) is 66.3 Å². The summed E-state index contributed by atoms with van der Waals surface area (Å²) in [5.74, 6) is 0.113. The molecule has 1 aliphatic heterocycles. The smallest absolute Gasteiger partial charge is 0.263 e. The molecule has 13 heteroatoms. The molecule has 1 aliphatic rings. The molecule has 4 heterocycles. The van der Waals surface area contributed by atoms with Crippen LogP contribution in [-0.2, 0) is 14.6 Å². The number of thiophene rings is 1. The quantitative estimate of drug-likeness (QED) is 0.348. The van der Waals surface area contributed by atoms with E-state index >= 15 is 0 Å². The topological polar surface area (TPSA) is 145 Å². The molecule has 1 aromatic carbocycles. The predicted molar refractivity (Wildman–Crippen MR) is 140 cm³/mol. The number of rotatable bonds is 6. The van der Waals surface area contributed by atoms with Gasteiger partial charge in [0, 0.05) is 41.5 Å². The fourth-order valence-electron chi connectivity index (χ4n) is 3.93.